The first-order valence-electron chi connectivity index (χ1n) is 11.2. The van der Waals surface area contributed by atoms with E-state index >= 15 is 0 Å². The first-order valence-corrected chi connectivity index (χ1v) is 11.2. The van der Waals surface area contributed by atoms with Gasteiger partial charge in [-0.25, -0.2) is 0 Å². The molecule has 0 radical (unpaired) electrons. The lowest BCUT2D eigenvalue weighted by Gasteiger charge is -2.33. The number of nitrogens with zero attached hydrogens (tertiary/aromatic N) is 2. The van der Waals surface area contributed by atoms with Gasteiger partial charge in [0.05, 0.1) is 12.5 Å². The highest BCUT2D eigenvalue weighted by Gasteiger charge is 2.42. The predicted molar refractivity (Wildman–Crippen MR) is 116 cm³/mol. The van der Waals surface area contributed by atoms with E-state index in [4.69, 9.17) is 0 Å². The van der Waals surface area contributed by atoms with Crippen molar-refractivity contribution in [3.8, 4) is 0 Å². The first-order chi connectivity index (χ1) is 14.8. The van der Waals surface area contributed by atoms with E-state index in [0.717, 1.165) is 32.4 Å². The molecule has 1 heterocycles. The van der Waals surface area contributed by atoms with Crippen LogP contribution in [0.5, 0.6) is 0 Å². The average Bonchev–Trinajstić information content (AvgIpc) is 2.77. The van der Waals surface area contributed by atoms with Gasteiger partial charge in [-0.2, -0.15) is 13.2 Å². The number of guanidine groups is 1. The third-order valence-corrected chi connectivity index (χ3v) is 6.44. The third-order valence-electron chi connectivity index (χ3n) is 6.44. The highest BCUT2D eigenvalue weighted by molar-refractivity contribution is 5.86. The number of carbonyl (C=O) groups excluding carboxylic acids is 1. The molecule has 8 heteroatoms. The number of hydrogen-bond acceptors (Lipinski definition) is 2. The quantitative estimate of drug-likeness (QED) is 0.544. The average molecular weight is 439 g/mol. The maximum absolute atomic E-state index is 13.0. The van der Waals surface area contributed by atoms with Crippen molar-refractivity contribution in [2.24, 2.45) is 16.8 Å². The Bertz CT molecular complexity index is 730. The number of amides is 1. The Morgan fingerprint density at radius 3 is 2.48 bits per heavy atom. The topological polar surface area (TPSA) is 56.7 Å². The summed E-state index contributed by atoms with van der Waals surface area (Å²) in [7, 11) is 1.57. The van der Waals surface area contributed by atoms with Gasteiger partial charge >= 0.3 is 6.18 Å². The van der Waals surface area contributed by atoms with Crippen LogP contribution >= 0.6 is 0 Å². The van der Waals surface area contributed by atoms with E-state index in [1.165, 1.54) is 5.56 Å². The molecule has 2 N–H and O–H groups in total. The molecule has 3 rings (SSSR count). The molecule has 1 aliphatic heterocycles. The van der Waals surface area contributed by atoms with E-state index in [0.29, 0.717) is 24.7 Å². The number of nitrogens with one attached hydrogen (secondary N) is 2. The summed E-state index contributed by atoms with van der Waals surface area (Å²) in [5.74, 6) is -0.296. The Morgan fingerprint density at radius 2 is 1.84 bits per heavy atom. The molecular formula is C23H33F3N4O. The van der Waals surface area contributed by atoms with Crippen molar-refractivity contribution in [2.45, 2.75) is 57.2 Å². The number of piperidine rings is 1. The van der Waals surface area contributed by atoms with Gasteiger partial charge in [0.2, 0.25) is 5.91 Å². The van der Waals surface area contributed by atoms with E-state index in [1.807, 2.05) is 11.0 Å². The van der Waals surface area contributed by atoms with Crippen LogP contribution in [0.25, 0.3) is 0 Å². The fourth-order valence-corrected chi connectivity index (χ4v) is 4.61. The van der Waals surface area contributed by atoms with Gasteiger partial charge in [0.15, 0.2) is 5.96 Å². The molecular weight excluding hydrogens is 405 g/mol. The SMILES string of the molecule is CN=C(NCC(=O)N1CCC(Cc2ccccc2)CC1)NC1CCCC(C(F)(F)F)C1. The summed E-state index contributed by atoms with van der Waals surface area (Å²) < 4.78 is 39.1. The minimum atomic E-state index is -4.15. The largest absolute Gasteiger partial charge is 0.391 e. The lowest BCUT2D eigenvalue weighted by molar-refractivity contribution is -0.183. The normalized spacial score (nSPS) is 23.5. The number of aliphatic imine (C=N–C) groups is 1. The zero-order valence-corrected chi connectivity index (χ0v) is 18.1. The van der Waals surface area contributed by atoms with Crippen molar-refractivity contribution in [1.82, 2.24) is 15.5 Å². The van der Waals surface area contributed by atoms with E-state index in [1.54, 1.807) is 7.05 Å². The van der Waals surface area contributed by atoms with Gasteiger partial charge in [-0.05, 0) is 50.0 Å². The molecule has 1 saturated carbocycles. The molecule has 1 aromatic carbocycles. The van der Waals surface area contributed by atoms with Gasteiger partial charge in [-0.1, -0.05) is 36.8 Å². The van der Waals surface area contributed by atoms with Crippen molar-refractivity contribution < 1.29 is 18.0 Å². The molecule has 2 fully saturated rings. The number of carbonyl (C=O) groups is 1. The molecule has 31 heavy (non-hydrogen) atoms. The lowest BCUT2D eigenvalue weighted by Crippen LogP contribution is -2.50. The smallest absolute Gasteiger partial charge is 0.354 e. The van der Waals surface area contributed by atoms with Crippen molar-refractivity contribution in [2.75, 3.05) is 26.7 Å². The van der Waals surface area contributed by atoms with Crippen LogP contribution in [-0.2, 0) is 11.2 Å². The van der Waals surface area contributed by atoms with Gasteiger partial charge in [-0.15, -0.1) is 0 Å². The van der Waals surface area contributed by atoms with Crippen LogP contribution in [0.3, 0.4) is 0 Å². The van der Waals surface area contributed by atoms with Crippen molar-refractivity contribution in [1.29, 1.82) is 0 Å². The Morgan fingerprint density at radius 1 is 1.13 bits per heavy atom. The van der Waals surface area contributed by atoms with Crippen LogP contribution in [0.2, 0.25) is 0 Å². The standard InChI is InChI=1S/C23H33F3N4O/c1-27-22(29-20-9-5-8-19(15-20)23(24,25)26)28-16-21(31)30-12-10-18(11-13-30)14-17-6-3-2-4-7-17/h2-4,6-7,18-20H,5,8-16H2,1H3,(H2,27,28,29). The van der Waals surface area contributed by atoms with E-state index in [9.17, 15) is 18.0 Å². The molecule has 172 valence electrons. The minimum absolute atomic E-state index is 0.00192. The Kier molecular flexibility index (Phi) is 8.21. The number of halogens is 3. The molecule has 1 aliphatic carbocycles. The molecule has 1 aromatic rings. The molecule has 5 nitrogen and oxygen atoms in total. The number of benzene rings is 1. The fourth-order valence-electron chi connectivity index (χ4n) is 4.61. The van der Waals surface area contributed by atoms with Crippen LogP contribution in [0.1, 0.15) is 44.1 Å². The maximum atomic E-state index is 13.0. The van der Waals surface area contributed by atoms with Crippen molar-refractivity contribution in [3.63, 3.8) is 0 Å². The van der Waals surface area contributed by atoms with Crippen molar-refractivity contribution in [3.05, 3.63) is 35.9 Å². The molecule has 1 saturated heterocycles. The summed E-state index contributed by atoms with van der Waals surface area (Å²) in [5.41, 5.74) is 1.33. The molecule has 2 atom stereocenters. The summed E-state index contributed by atoms with van der Waals surface area (Å²) in [6.07, 6.45) is 0.298. The fraction of sp³-hybridized carbons (Fsp3) is 0.652. The van der Waals surface area contributed by atoms with Crippen LogP contribution in [-0.4, -0.2) is 55.7 Å². The molecule has 2 unspecified atom stereocenters. The second-order valence-corrected chi connectivity index (χ2v) is 8.69. The number of rotatable bonds is 5. The molecule has 0 bridgehead atoms. The Hall–Kier alpha value is -2.25. The van der Waals surface area contributed by atoms with Gasteiger partial charge in [-0.3, -0.25) is 9.79 Å². The third kappa shape index (κ3) is 7.14. The highest BCUT2D eigenvalue weighted by Crippen LogP contribution is 2.37. The lowest BCUT2D eigenvalue weighted by atomic mass is 9.85. The summed E-state index contributed by atoms with van der Waals surface area (Å²) >= 11 is 0. The van der Waals surface area contributed by atoms with Gasteiger partial charge in [0.25, 0.3) is 0 Å². The minimum Gasteiger partial charge on any atom is -0.354 e. The van der Waals surface area contributed by atoms with E-state index < -0.39 is 12.1 Å². The summed E-state index contributed by atoms with van der Waals surface area (Å²) in [6, 6.07) is 10.1. The highest BCUT2D eigenvalue weighted by atomic mass is 19.4. The maximum Gasteiger partial charge on any atom is 0.391 e. The number of hydrogen-bond donors (Lipinski definition) is 2. The summed E-state index contributed by atoms with van der Waals surface area (Å²) in [4.78, 5) is 18.5. The number of likely N-dealkylation sites (tertiary alicyclic amines) is 1. The zero-order chi connectivity index (χ0) is 22.3. The summed E-state index contributed by atoms with van der Waals surface area (Å²) in [5, 5.41) is 6.05. The molecule has 0 aromatic heterocycles. The van der Waals surface area contributed by atoms with Crippen LogP contribution in [0.4, 0.5) is 13.2 Å². The second kappa shape index (κ2) is 10.9. The van der Waals surface area contributed by atoms with E-state index in [-0.39, 0.29) is 31.3 Å². The van der Waals surface area contributed by atoms with Gasteiger partial charge in [0.1, 0.15) is 0 Å². The molecule has 1 amide bonds. The molecule has 2 aliphatic rings. The van der Waals surface area contributed by atoms with E-state index in [2.05, 4.69) is 39.9 Å². The van der Waals surface area contributed by atoms with Gasteiger partial charge < -0.3 is 15.5 Å². The van der Waals surface area contributed by atoms with Crippen LogP contribution < -0.4 is 10.6 Å². The predicted octanol–water partition coefficient (Wildman–Crippen LogP) is 3.75. The second-order valence-electron chi connectivity index (χ2n) is 8.69. The van der Waals surface area contributed by atoms with Gasteiger partial charge in [0, 0.05) is 26.2 Å². The van der Waals surface area contributed by atoms with Crippen molar-refractivity contribution >= 4 is 11.9 Å². The van der Waals surface area contributed by atoms with Crippen LogP contribution in [0.15, 0.2) is 35.3 Å². The first kappa shape index (κ1) is 23.4. The summed E-state index contributed by atoms with van der Waals surface area (Å²) in [6.45, 7) is 1.57. The molecule has 0 spiro atoms. The Balaban J connectivity index is 1.39. The Labute approximate surface area is 182 Å². The monoisotopic (exact) mass is 438 g/mol. The van der Waals surface area contributed by atoms with Crippen LogP contribution in [0, 0.1) is 11.8 Å². The number of alkyl halides is 3. The zero-order valence-electron chi connectivity index (χ0n) is 18.1.